The van der Waals surface area contributed by atoms with Crippen LogP contribution in [0.5, 0.6) is 11.5 Å². The number of aliphatic hydroxyl groups excluding tert-OH is 1. The average molecular weight is 458 g/mol. The van der Waals surface area contributed by atoms with Gasteiger partial charge in [0, 0.05) is 32.2 Å². The Morgan fingerprint density at radius 2 is 1.76 bits per heavy atom. The summed E-state index contributed by atoms with van der Waals surface area (Å²) in [4.78, 5) is 12.2. The van der Waals surface area contributed by atoms with Gasteiger partial charge < -0.3 is 24.6 Å². The number of amides is 1. The fourth-order valence-electron chi connectivity index (χ4n) is 3.73. The van der Waals surface area contributed by atoms with E-state index in [9.17, 15) is 9.90 Å². The summed E-state index contributed by atoms with van der Waals surface area (Å²) in [7, 11) is 3.33. The van der Waals surface area contributed by atoms with Gasteiger partial charge in [-0.15, -0.1) is 0 Å². The lowest BCUT2D eigenvalue weighted by Gasteiger charge is -2.23. The molecule has 0 spiro atoms. The molecule has 0 saturated heterocycles. The van der Waals surface area contributed by atoms with Crippen LogP contribution in [0.25, 0.3) is 0 Å². The number of rotatable bonds is 15. The third-order valence-corrected chi connectivity index (χ3v) is 5.82. The minimum Gasteiger partial charge on any atom is -0.493 e. The minimum absolute atomic E-state index is 0.161. The number of methoxy groups -OCH3 is 2. The van der Waals surface area contributed by atoms with Crippen molar-refractivity contribution in [2.24, 2.45) is 11.8 Å². The first-order valence-electron chi connectivity index (χ1n) is 11.7. The molecule has 33 heavy (non-hydrogen) atoms. The molecular formula is C27H39NO5. The third-order valence-electron chi connectivity index (χ3n) is 5.82. The van der Waals surface area contributed by atoms with Gasteiger partial charge in [0.2, 0.25) is 0 Å². The lowest BCUT2D eigenvalue weighted by Crippen LogP contribution is -2.32. The van der Waals surface area contributed by atoms with Gasteiger partial charge in [-0.05, 0) is 60.9 Å². The van der Waals surface area contributed by atoms with E-state index < -0.39 is 6.10 Å². The maximum absolute atomic E-state index is 12.2. The van der Waals surface area contributed by atoms with Crippen LogP contribution >= 0.6 is 0 Å². The number of nitrogens with one attached hydrogen (secondary N) is 1. The summed E-state index contributed by atoms with van der Waals surface area (Å²) in [5.41, 5.74) is 1.78. The Labute approximate surface area is 198 Å². The lowest BCUT2D eigenvalue weighted by atomic mass is 9.85. The molecule has 0 aliphatic heterocycles. The zero-order valence-electron chi connectivity index (χ0n) is 20.4. The van der Waals surface area contributed by atoms with E-state index in [0.717, 1.165) is 30.8 Å². The van der Waals surface area contributed by atoms with Crippen molar-refractivity contribution >= 4 is 5.91 Å². The number of carbonyl (C=O) groups is 1. The number of hydrogen-bond donors (Lipinski definition) is 2. The number of aliphatic hydroxyl groups is 1. The van der Waals surface area contributed by atoms with Crippen molar-refractivity contribution in [1.29, 1.82) is 0 Å². The normalized spacial score (nSPS) is 12.9. The summed E-state index contributed by atoms with van der Waals surface area (Å²) in [5, 5.41) is 13.3. The highest BCUT2D eigenvalue weighted by molar-refractivity contribution is 5.94. The van der Waals surface area contributed by atoms with Crippen molar-refractivity contribution in [1.82, 2.24) is 5.32 Å². The molecule has 6 nitrogen and oxygen atoms in total. The van der Waals surface area contributed by atoms with Crippen LogP contribution in [0.2, 0.25) is 0 Å². The fourth-order valence-corrected chi connectivity index (χ4v) is 3.73. The van der Waals surface area contributed by atoms with Crippen molar-refractivity contribution in [3.63, 3.8) is 0 Å². The molecule has 0 heterocycles. The van der Waals surface area contributed by atoms with Gasteiger partial charge in [-0.2, -0.15) is 0 Å². The first-order valence-corrected chi connectivity index (χ1v) is 11.7. The molecule has 0 aliphatic rings. The average Bonchev–Trinajstić information content (AvgIpc) is 2.83. The van der Waals surface area contributed by atoms with E-state index in [1.165, 1.54) is 5.56 Å². The molecule has 0 radical (unpaired) electrons. The van der Waals surface area contributed by atoms with E-state index in [1.807, 2.05) is 24.3 Å². The van der Waals surface area contributed by atoms with Crippen LogP contribution in [-0.4, -0.2) is 51.1 Å². The van der Waals surface area contributed by atoms with Gasteiger partial charge >= 0.3 is 0 Å². The van der Waals surface area contributed by atoms with Crippen molar-refractivity contribution in [3.05, 3.63) is 59.7 Å². The van der Waals surface area contributed by atoms with E-state index in [1.54, 1.807) is 26.4 Å². The summed E-state index contributed by atoms with van der Waals surface area (Å²) in [6, 6.07) is 15.1. The van der Waals surface area contributed by atoms with Gasteiger partial charge in [-0.25, -0.2) is 0 Å². The van der Waals surface area contributed by atoms with E-state index in [4.69, 9.17) is 14.2 Å². The first-order chi connectivity index (χ1) is 15.9. The Bertz CT molecular complexity index is 825. The molecule has 0 fully saturated rings. The molecule has 0 aromatic heterocycles. The molecule has 2 aromatic rings. The van der Waals surface area contributed by atoms with Crippen LogP contribution in [0.4, 0.5) is 0 Å². The van der Waals surface area contributed by atoms with Crippen LogP contribution in [0.3, 0.4) is 0 Å². The standard InChI is InChI=1S/C27H39NO5/c1-20(2)23(12-13-24(29)19-28-27(30)22-9-6-5-7-10-22)17-21-11-14-25(32-4)26(18-21)33-16-8-15-31-3/h5-7,9-11,14,18,20,23-24,29H,8,12-13,15-17,19H2,1-4H3,(H,28,30). The molecule has 2 unspecified atom stereocenters. The number of benzene rings is 2. The molecule has 0 bridgehead atoms. The molecule has 2 atom stereocenters. The number of ether oxygens (including phenoxy) is 3. The van der Waals surface area contributed by atoms with Crippen molar-refractivity contribution < 1.29 is 24.1 Å². The topological polar surface area (TPSA) is 77.0 Å². The molecule has 2 aromatic carbocycles. The van der Waals surface area contributed by atoms with Crippen LogP contribution in [-0.2, 0) is 11.2 Å². The van der Waals surface area contributed by atoms with E-state index in [-0.39, 0.29) is 12.5 Å². The molecule has 2 N–H and O–H groups in total. The third kappa shape index (κ3) is 9.44. The SMILES string of the molecule is COCCCOc1cc(CC(CCC(O)CNC(=O)c2ccccc2)C(C)C)ccc1OC. The molecule has 182 valence electrons. The highest BCUT2D eigenvalue weighted by Gasteiger charge is 2.18. The van der Waals surface area contributed by atoms with Gasteiger partial charge in [-0.1, -0.05) is 38.1 Å². The Morgan fingerprint density at radius 1 is 1.00 bits per heavy atom. The van der Waals surface area contributed by atoms with Crippen LogP contribution in [0, 0.1) is 11.8 Å². The highest BCUT2D eigenvalue weighted by atomic mass is 16.5. The quantitative estimate of drug-likeness (QED) is 0.385. The van der Waals surface area contributed by atoms with Gasteiger partial charge in [0.05, 0.1) is 19.8 Å². The second kappa shape index (κ2) is 14.6. The van der Waals surface area contributed by atoms with E-state index in [2.05, 4.69) is 31.3 Å². The fraction of sp³-hybridized carbons (Fsp3) is 0.519. The molecule has 0 saturated carbocycles. The first kappa shape index (κ1) is 26.7. The van der Waals surface area contributed by atoms with Crippen molar-refractivity contribution in [2.45, 2.75) is 45.6 Å². The van der Waals surface area contributed by atoms with E-state index >= 15 is 0 Å². The van der Waals surface area contributed by atoms with Crippen LogP contribution in [0.15, 0.2) is 48.5 Å². The summed E-state index contributed by atoms with van der Waals surface area (Å²) in [5.74, 6) is 2.17. The summed E-state index contributed by atoms with van der Waals surface area (Å²) < 4.78 is 16.4. The number of carbonyl (C=O) groups excluding carboxylic acids is 1. The van der Waals surface area contributed by atoms with Crippen molar-refractivity contribution in [2.75, 3.05) is 34.0 Å². The summed E-state index contributed by atoms with van der Waals surface area (Å²) in [6.45, 7) is 5.90. The molecule has 2 rings (SSSR count). The second-order valence-electron chi connectivity index (χ2n) is 8.70. The predicted molar refractivity (Wildman–Crippen MR) is 131 cm³/mol. The summed E-state index contributed by atoms with van der Waals surface area (Å²) in [6.07, 6.45) is 2.63. The Kier molecular flexibility index (Phi) is 11.8. The minimum atomic E-state index is -0.575. The van der Waals surface area contributed by atoms with Crippen LogP contribution < -0.4 is 14.8 Å². The van der Waals surface area contributed by atoms with Gasteiger partial charge in [-0.3, -0.25) is 4.79 Å². The predicted octanol–water partition coefficient (Wildman–Crippen LogP) is 4.50. The Balaban J connectivity index is 1.88. The van der Waals surface area contributed by atoms with Crippen molar-refractivity contribution in [3.8, 4) is 11.5 Å². The molecule has 0 aliphatic carbocycles. The molecular weight excluding hydrogens is 418 g/mol. The van der Waals surface area contributed by atoms with Gasteiger partial charge in [0.15, 0.2) is 11.5 Å². The largest absolute Gasteiger partial charge is 0.493 e. The Morgan fingerprint density at radius 3 is 2.42 bits per heavy atom. The zero-order valence-corrected chi connectivity index (χ0v) is 20.4. The molecule has 6 heteroatoms. The number of hydrogen-bond acceptors (Lipinski definition) is 5. The second-order valence-corrected chi connectivity index (χ2v) is 8.70. The summed E-state index contributed by atoms with van der Waals surface area (Å²) >= 11 is 0. The monoisotopic (exact) mass is 457 g/mol. The molecule has 1 amide bonds. The maximum Gasteiger partial charge on any atom is 0.251 e. The highest BCUT2D eigenvalue weighted by Crippen LogP contribution is 2.31. The van der Waals surface area contributed by atoms with Gasteiger partial charge in [0.25, 0.3) is 5.91 Å². The lowest BCUT2D eigenvalue weighted by molar-refractivity contribution is 0.0902. The smallest absolute Gasteiger partial charge is 0.251 e. The van der Waals surface area contributed by atoms with E-state index in [0.29, 0.717) is 37.0 Å². The Hall–Kier alpha value is -2.57. The van der Waals surface area contributed by atoms with Gasteiger partial charge in [0.1, 0.15) is 0 Å². The zero-order chi connectivity index (χ0) is 24.1. The van der Waals surface area contributed by atoms with Crippen LogP contribution in [0.1, 0.15) is 49.0 Å². The maximum atomic E-state index is 12.2.